The van der Waals surface area contributed by atoms with E-state index in [1.165, 1.54) is 34.3 Å². The molecule has 1 saturated carbocycles. The van der Waals surface area contributed by atoms with Crippen LogP contribution in [-0.2, 0) is 45.5 Å². The van der Waals surface area contributed by atoms with Gasteiger partial charge in [-0.05, 0) is 80.7 Å². The number of hydrogen-bond donors (Lipinski definition) is 8. The van der Waals surface area contributed by atoms with Gasteiger partial charge in [-0.15, -0.1) is 12.3 Å². The van der Waals surface area contributed by atoms with Gasteiger partial charge in [0.05, 0.1) is 37.8 Å². The summed E-state index contributed by atoms with van der Waals surface area (Å²) in [4.78, 5) is 88.3. The minimum absolute atomic E-state index is 0.0427. The van der Waals surface area contributed by atoms with Crippen molar-refractivity contribution in [2.45, 2.75) is 138 Å². The molecule has 2 saturated heterocycles. The second-order valence-corrected chi connectivity index (χ2v) is 25.6. The van der Waals surface area contributed by atoms with Crippen LogP contribution in [0.15, 0.2) is 48.6 Å². The summed E-state index contributed by atoms with van der Waals surface area (Å²) in [5, 5.41) is 51.9. The molecule has 22 heteroatoms. The molecule has 1 spiro atoms. The Morgan fingerprint density at radius 3 is 2.53 bits per heavy atom. The number of H-pyrrole nitrogens is 1. The molecule has 1 aromatic heterocycles. The van der Waals surface area contributed by atoms with Gasteiger partial charge >= 0.3 is 12.1 Å². The van der Waals surface area contributed by atoms with E-state index in [-0.39, 0.29) is 61.2 Å². The van der Waals surface area contributed by atoms with E-state index in [0.29, 0.717) is 75.2 Å². The predicted molar refractivity (Wildman–Crippen MR) is 308 cm³/mol. The highest BCUT2D eigenvalue weighted by Gasteiger charge is 2.78. The Labute approximate surface area is 481 Å². The van der Waals surface area contributed by atoms with Crippen LogP contribution in [0.2, 0.25) is 0 Å². The van der Waals surface area contributed by atoms with Gasteiger partial charge in [-0.3, -0.25) is 34.4 Å². The lowest BCUT2D eigenvalue weighted by Crippen LogP contribution is -2.82. The quantitative estimate of drug-likeness (QED) is 0.0159. The first kappa shape index (κ1) is 60.2. The number of carbonyl (C=O) groups is 5. The number of nitrogens with one attached hydrogen (secondary N) is 4. The molecule has 6 aliphatic rings. The van der Waals surface area contributed by atoms with Crippen molar-refractivity contribution in [3.05, 3.63) is 70.9 Å². The van der Waals surface area contributed by atoms with Crippen molar-refractivity contribution < 1.29 is 63.6 Å². The van der Waals surface area contributed by atoms with Crippen molar-refractivity contribution in [2.75, 3.05) is 77.0 Å². The molecular formula is C59H79N7O13S2. The van der Waals surface area contributed by atoms with Gasteiger partial charge in [-0.2, -0.15) is 0 Å². The van der Waals surface area contributed by atoms with E-state index in [0.717, 1.165) is 41.7 Å². The topological polar surface area (TPSA) is 265 Å². The molecule has 81 heavy (non-hydrogen) atoms. The number of aliphatic carboxylic acids is 1. The summed E-state index contributed by atoms with van der Waals surface area (Å²) < 4.78 is 11.7. The van der Waals surface area contributed by atoms with Gasteiger partial charge in [0.15, 0.2) is 11.4 Å². The highest BCUT2D eigenvalue weighted by molar-refractivity contribution is 8.76. The Hall–Kier alpha value is -5.35. The van der Waals surface area contributed by atoms with E-state index in [4.69, 9.17) is 25.7 Å². The molecule has 3 fully saturated rings. The fraction of sp³-hybridized carbons (Fsp3) is 0.610. The number of ether oxygens (including phenoxy) is 2. The lowest BCUT2D eigenvalue weighted by Gasteiger charge is -2.63. The van der Waals surface area contributed by atoms with Crippen molar-refractivity contribution in [1.82, 2.24) is 31.0 Å². The van der Waals surface area contributed by atoms with Gasteiger partial charge in [0, 0.05) is 121 Å². The lowest BCUT2D eigenvalue weighted by atomic mass is 9.47. The van der Waals surface area contributed by atoms with Gasteiger partial charge in [0.25, 0.3) is 5.91 Å². The molecule has 1 aliphatic carbocycles. The monoisotopic (exact) mass is 1160 g/mol. The van der Waals surface area contributed by atoms with Crippen molar-refractivity contribution >= 4 is 67.8 Å². The van der Waals surface area contributed by atoms with E-state index >= 15 is 4.79 Å². The van der Waals surface area contributed by atoms with Crippen molar-refractivity contribution in [3.63, 3.8) is 0 Å². The number of Topliss-reactive ketones (excluding diaryl/α,β-unsaturated/α-hetero) is 1. The highest BCUT2D eigenvalue weighted by Crippen LogP contribution is 2.67. The molecule has 20 nitrogen and oxygen atoms in total. The number of aliphatic hydroxyl groups excluding tert-OH is 1. The molecule has 440 valence electrons. The maximum Gasteiger partial charge on any atom is 0.426 e. The molecule has 8 N–H and O–H groups in total. The Bertz CT molecular complexity index is 2920. The number of likely N-dealkylation sites (N-methyl/N-ethyl adjacent to an activating group) is 1. The fourth-order valence-corrected chi connectivity index (χ4v) is 17.1. The van der Waals surface area contributed by atoms with Crippen molar-refractivity contribution in [1.29, 1.82) is 0 Å². The zero-order valence-electron chi connectivity index (χ0n) is 47.2. The number of ketones is 1. The SMILES string of the molecule is C#CC[C@H](NC(=O)CCC)C(=O)C[C@H](CSSCCOC(=O)NNC(=O)[C@@]1(O)[C@H](O)[C@]2(CC)C=CCN3CC[C@@]4(c5cc(C(OOC)[C@@H]6C[C@@H]7CN(CCc8c6[nH]c6ccccc86)C[C@](O)(CC)C7)c(OC)cc5N(C)[C@@H]14)[C@@H]32)C(=O)O. The van der Waals surface area contributed by atoms with Gasteiger partial charge < -0.3 is 45.1 Å². The third-order valence-corrected chi connectivity index (χ3v) is 20.9. The number of anilines is 1. The first-order valence-corrected chi connectivity index (χ1v) is 30.8. The number of aromatic nitrogens is 1. The van der Waals surface area contributed by atoms with Crippen LogP contribution < -0.4 is 25.8 Å². The smallest absolute Gasteiger partial charge is 0.426 e. The van der Waals surface area contributed by atoms with Gasteiger partial charge in [-0.25, -0.2) is 20.0 Å². The second-order valence-electron chi connectivity index (χ2n) is 22.9. The molecule has 2 bridgehead atoms. The number of hydrazine groups is 1. The summed E-state index contributed by atoms with van der Waals surface area (Å²) in [5.41, 5.74) is 4.67. The third-order valence-electron chi connectivity index (χ3n) is 18.4. The molecule has 5 aliphatic heterocycles. The number of amides is 3. The number of carboxylic acid groups (broad SMARTS) is 1. The molecule has 6 heterocycles. The van der Waals surface area contributed by atoms with E-state index in [9.17, 15) is 39.6 Å². The summed E-state index contributed by atoms with van der Waals surface area (Å²) in [5.74, 6) is -1.19. The Morgan fingerprint density at radius 1 is 1.02 bits per heavy atom. The average molecular weight is 1160 g/mol. The molecular weight excluding hydrogens is 1080 g/mol. The zero-order chi connectivity index (χ0) is 58.0. The number of methoxy groups -OCH3 is 1. The number of aliphatic hydroxyl groups is 3. The number of nitrogens with zero attached hydrogens (tertiary/aromatic N) is 3. The number of carboxylic acids is 1. The number of benzene rings is 2. The van der Waals surface area contributed by atoms with Crippen LogP contribution in [0.5, 0.6) is 5.75 Å². The lowest BCUT2D eigenvalue weighted by molar-refractivity contribution is -0.314. The first-order chi connectivity index (χ1) is 38.9. The Kier molecular flexibility index (Phi) is 18.5. The van der Waals surface area contributed by atoms with Crippen LogP contribution in [0, 0.1) is 29.6 Å². The maximum atomic E-state index is 15.0. The van der Waals surface area contributed by atoms with Crippen LogP contribution in [0.25, 0.3) is 10.9 Å². The zero-order valence-corrected chi connectivity index (χ0v) is 48.8. The van der Waals surface area contributed by atoms with Crippen LogP contribution in [0.4, 0.5) is 10.5 Å². The molecule has 2 aromatic carbocycles. The molecule has 9 rings (SSSR count). The summed E-state index contributed by atoms with van der Waals surface area (Å²) in [6.45, 7) is 9.07. The molecule has 3 amide bonds. The minimum Gasteiger partial charge on any atom is -0.496 e. The van der Waals surface area contributed by atoms with Crippen molar-refractivity contribution in [3.8, 4) is 18.1 Å². The van der Waals surface area contributed by atoms with Crippen LogP contribution >= 0.6 is 21.6 Å². The minimum atomic E-state index is -2.54. The van der Waals surface area contributed by atoms with Crippen molar-refractivity contribution in [2.24, 2.45) is 17.3 Å². The van der Waals surface area contributed by atoms with E-state index in [1.807, 2.05) is 57.0 Å². The number of fused-ring (bicyclic) bond motifs is 6. The number of carbonyl (C=O) groups excluding carboxylic acids is 4. The van der Waals surface area contributed by atoms with E-state index in [1.54, 1.807) is 7.11 Å². The largest absolute Gasteiger partial charge is 0.496 e. The molecule has 13 atom stereocenters. The summed E-state index contributed by atoms with van der Waals surface area (Å²) in [7, 11) is 7.30. The molecule has 3 aromatic rings. The fourth-order valence-electron chi connectivity index (χ4n) is 15.0. The van der Waals surface area contributed by atoms with Gasteiger partial charge in [0.1, 0.15) is 24.6 Å². The summed E-state index contributed by atoms with van der Waals surface area (Å²) >= 11 is 0. The first-order valence-electron chi connectivity index (χ1n) is 28.3. The Balaban J connectivity index is 0.968. The standard InChI is InChI=1S/C59H79N7O13S2/c1-8-15-43(60-47(68)16-9-2)45(67)28-36(50(69)70)33-81-80-26-25-78-55(73)63-62-54(72)59(75)52-58(21-24-66-22-14-20-57(11-4,51(58)66)53(59)71)41-29-39(46(76-6)30-44(41)64(52)5)49(79-77-7)40-27-35-31-56(74,10-3)34-65(32-35)23-19-38-37-17-12-13-18-42(37)61-48(38)40/h1,12-14,17-18,20,29-30,35-36,40,43,49,51-53,61,71,74-75H,9-11,15-16,19,21-28,31-34H2,2-7H3,(H,60,68)(H,62,72)(H,63,73)(H,69,70)/t35-,36+,40+,43-,49?,51-,52+,53+,56-,57+,58+,59-/m0/s1. The van der Waals surface area contributed by atoms with Crippen LogP contribution in [0.1, 0.15) is 113 Å². The number of terminal acetylenes is 1. The number of aromatic amines is 1. The third kappa shape index (κ3) is 11.1. The molecule has 0 radical (unpaired) electrons. The molecule has 2 unspecified atom stereocenters. The highest BCUT2D eigenvalue weighted by atomic mass is 33.1. The number of piperidine rings is 1. The number of hydrogen-bond acceptors (Lipinski definition) is 17. The second kappa shape index (κ2) is 24.9. The van der Waals surface area contributed by atoms with E-state index < -0.39 is 76.0 Å². The van der Waals surface area contributed by atoms with Gasteiger partial charge in [-0.1, -0.05) is 72.7 Å². The summed E-state index contributed by atoms with van der Waals surface area (Å²) in [6, 6.07) is 9.92. The summed E-state index contributed by atoms with van der Waals surface area (Å²) in [6.07, 6.45) is 9.83. The number of para-hydroxylation sites is 1. The van der Waals surface area contributed by atoms with Crippen LogP contribution in [-0.4, -0.2) is 172 Å². The maximum absolute atomic E-state index is 15.0. The predicted octanol–water partition coefficient (Wildman–Crippen LogP) is 5.30. The Morgan fingerprint density at radius 2 is 1.81 bits per heavy atom. The van der Waals surface area contributed by atoms with Crippen LogP contribution in [0.3, 0.4) is 0 Å². The van der Waals surface area contributed by atoms with Gasteiger partial charge in [0.2, 0.25) is 5.91 Å². The normalized spacial score (nSPS) is 30.2. The van der Waals surface area contributed by atoms with E-state index in [2.05, 4.69) is 61.1 Å². The number of rotatable bonds is 22. The average Bonchev–Trinajstić information content (AvgIpc) is 3.08.